The Morgan fingerprint density at radius 2 is 0.980 bits per heavy atom. The van der Waals surface area contributed by atoms with Gasteiger partial charge < -0.3 is 19.7 Å². The van der Waals surface area contributed by atoms with Gasteiger partial charge in [0.25, 0.3) is 20.2 Å². The normalized spacial score (nSPS) is 12.3. The minimum atomic E-state index is -4.69. The summed E-state index contributed by atoms with van der Waals surface area (Å²) in [4.78, 5) is 7.01. The van der Waals surface area contributed by atoms with Crippen LogP contribution < -0.4 is 9.47 Å². The molecule has 18 heteroatoms. The molecule has 254 valence electrons. The van der Waals surface area contributed by atoms with Gasteiger partial charge in [0.2, 0.25) is 0 Å². The third kappa shape index (κ3) is 6.50. The summed E-state index contributed by atoms with van der Waals surface area (Å²) in [6, 6.07) is 17.2. The third-order valence-electron chi connectivity index (χ3n) is 7.38. The van der Waals surface area contributed by atoms with Gasteiger partial charge in [-0.2, -0.15) is 27.1 Å². The molecule has 6 rings (SSSR count). The predicted octanol–water partition coefficient (Wildman–Crippen LogP) is 7.20. The van der Waals surface area contributed by atoms with E-state index >= 15 is 0 Å². The van der Waals surface area contributed by atoms with Gasteiger partial charge in [-0.1, -0.05) is 0 Å². The maximum atomic E-state index is 12.0. The molecule has 6 aromatic rings. The molecule has 16 nitrogen and oxygen atoms in total. The molecule has 0 aliphatic rings. The van der Waals surface area contributed by atoms with Crippen LogP contribution in [0.15, 0.2) is 115 Å². The van der Waals surface area contributed by atoms with E-state index < -0.39 is 41.5 Å². The molecule has 4 aromatic carbocycles. The van der Waals surface area contributed by atoms with Crippen LogP contribution in [0.2, 0.25) is 0 Å². The van der Waals surface area contributed by atoms with Crippen molar-refractivity contribution in [3.8, 4) is 34.1 Å². The number of fused-ring (bicyclic) bond motifs is 2. The molecule has 2 aromatic heterocycles. The van der Waals surface area contributed by atoms with Gasteiger partial charge in [-0.15, -0.1) is 10.2 Å². The monoisotopic (exact) mass is 716 g/mol. The first kappa shape index (κ1) is 33.8. The van der Waals surface area contributed by atoms with Gasteiger partial charge in [0.15, 0.2) is 11.5 Å². The number of aromatic hydroxyl groups is 2. The number of hydrogen-bond donors (Lipinski definition) is 4. The molecule has 0 aliphatic carbocycles. The largest absolute Gasteiger partial charge is 0.504 e. The van der Waals surface area contributed by atoms with Crippen LogP contribution in [-0.4, -0.2) is 60.3 Å². The Bertz CT molecular complexity index is 2430. The maximum absolute atomic E-state index is 12.0. The van der Waals surface area contributed by atoms with Crippen LogP contribution in [0.4, 0.5) is 22.7 Å². The van der Waals surface area contributed by atoms with Crippen molar-refractivity contribution in [1.82, 2.24) is 9.97 Å². The number of methoxy groups -OCH3 is 2. The zero-order valence-corrected chi connectivity index (χ0v) is 27.5. The number of hydrogen-bond acceptors (Lipinski definition) is 14. The van der Waals surface area contributed by atoms with Gasteiger partial charge in [-0.25, -0.2) is 0 Å². The summed E-state index contributed by atoms with van der Waals surface area (Å²) in [5, 5.41) is 37.6. The maximum Gasteiger partial charge on any atom is 0.295 e. The van der Waals surface area contributed by atoms with Crippen molar-refractivity contribution in [1.29, 1.82) is 0 Å². The number of phenolic OH excluding ortho intramolecular Hbond substituents is 2. The zero-order chi connectivity index (χ0) is 35.8. The molecule has 0 bridgehead atoms. The highest BCUT2D eigenvalue weighted by Gasteiger charge is 2.22. The van der Waals surface area contributed by atoms with Crippen molar-refractivity contribution < 1.29 is 45.6 Å². The number of phenols is 2. The smallest absolute Gasteiger partial charge is 0.295 e. The Labute approximate surface area is 283 Å². The average Bonchev–Trinajstić information content (AvgIpc) is 3.10. The highest BCUT2D eigenvalue weighted by molar-refractivity contribution is 7.86. The van der Waals surface area contributed by atoms with Crippen LogP contribution in [0, 0.1) is 0 Å². The van der Waals surface area contributed by atoms with Crippen molar-refractivity contribution in [3.05, 3.63) is 85.2 Å². The molecule has 0 fully saturated rings. The van der Waals surface area contributed by atoms with E-state index in [1.54, 1.807) is 24.3 Å². The predicted molar refractivity (Wildman–Crippen MR) is 180 cm³/mol. The van der Waals surface area contributed by atoms with Gasteiger partial charge in [0.05, 0.1) is 25.6 Å². The second-order valence-electron chi connectivity index (χ2n) is 10.4. The molecule has 0 radical (unpaired) electrons. The summed E-state index contributed by atoms with van der Waals surface area (Å²) in [5.41, 5.74) is 0.975. The van der Waals surface area contributed by atoms with Crippen LogP contribution in [0.25, 0.3) is 32.9 Å². The summed E-state index contributed by atoms with van der Waals surface area (Å²) in [6.45, 7) is 0. The first-order chi connectivity index (χ1) is 23.8. The Morgan fingerprint density at radius 3 is 1.34 bits per heavy atom. The van der Waals surface area contributed by atoms with Gasteiger partial charge in [0.1, 0.15) is 43.7 Å². The number of nitrogens with zero attached hydrogens (tertiary/aromatic N) is 6. The van der Waals surface area contributed by atoms with Crippen molar-refractivity contribution in [3.63, 3.8) is 0 Å². The van der Waals surface area contributed by atoms with E-state index in [0.29, 0.717) is 22.6 Å². The molecular weight excluding hydrogens is 693 g/mol. The highest BCUT2D eigenvalue weighted by Crippen LogP contribution is 2.43. The van der Waals surface area contributed by atoms with Gasteiger partial charge in [0, 0.05) is 46.4 Å². The Kier molecular flexibility index (Phi) is 8.85. The topological polar surface area (TPSA) is 243 Å². The SMILES string of the molecule is COc1cc(N=Nc2cc(S(=O)(=O)O)c3cccnc3c2O)ccc1-c1ccc(N=Nc2cc(S(=O)(=O)O)c3cccnc3c2O)cc1OC. The van der Waals surface area contributed by atoms with E-state index in [4.69, 9.17) is 9.47 Å². The fourth-order valence-electron chi connectivity index (χ4n) is 5.10. The molecule has 0 spiro atoms. The minimum absolute atomic E-state index is 0.00864. The molecule has 50 heavy (non-hydrogen) atoms. The number of azo groups is 2. The lowest BCUT2D eigenvalue weighted by Crippen LogP contribution is -1.99. The zero-order valence-electron chi connectivity index (χ0n) is 25.8. The lowest BCUT2D eigenvalue weighted by atomic mass is 10.0. The first-order valence-corrected chi connectivity index (χ1v) is 17.0. The Hall–Kier alpha value is -6.08. The number of rotatable bonds is 9. The van der Waals surface area contributed by atoms with Crippen molar-refractivity contribution in [2.75, 3.05) is 14.2 Å². The van der Waals surface area contributed by atoms with Crippen LogP contribution in [0.3, 0.4) is 0 Å². The molecule has 0 aliphatic heterocycles. The van der Waals surface area contributed by atoms with Crippen LogP contribution in [0.1, 0.15) is 0 Å². The molecule has 0 atom stereocenters. The highest BCUT2D eigenvalue weighted by atomic mass is 32.2. The van der Waals surface area contributed by atoms with Crippen LogP contribution in [-0.2, 0) is 20.2 Å². The summed E-state index contributed by atoms with van der Waals surface area (Å²) >= 11 is 0. The standard InChI is InChI=1S/C32H24N6O10S2/c1-47-25-13-17(35-37-23-15-27(49(41,42)43)21-5-3-11-33-29(21)31(23)39)7-9-19(25)20-10-8-18(14-26(20)48-2)36-38-24-16-28(50(44,45)46)22-6-4-12-34-30(22)32(24)40/h3-16,39-40H,1-2H3,(H,41,42,43)(H,44,45,46). The van der Waals surface area contributed by atoms with Gasteiger partial charge >= 0.3 is 0 Å². The number of pyridine rings is 2. The molecule has 2 heterocycles. The first-order valence-electron chi connectivity index (χ1n) is 14.2. The van der Waals surface area contributed by atoms with E-state index in [1.165, 1.54) is 63.0 Å². The van der Waals surface area contributed by atoms with E-state index in [9.17, 15) is 36.2 Å². The van der Waals surface area contributed by atoms with Gasteiger partial charge in [-0.3, -0.25) is 19.1 Å². The number of aromatic nitrogens is 2. The second kappa shape index (κ2) is 13.1. The van der Waals surface area contributed by atoms with Crippen LogP contribution in [0.5, 0.6) is 23.0 Å². The average molecular weight is 717 g/mol. The Morgan fingerprint density at radius 1 is 0.580 bits per heavy atom. The number of ether oxygens (including phenoxy) is 2. The lowest BCUT2D eigenvalue weighted by molar-refractivity contribution is 0.410. The molecule has 0 amide bonds. The minimum Gasteiger partial charge on any atom is -0.504 e. The van der Waals surface area contributed by atoms with E-state index in [2.05, 4.69) is 30.4 Å². The summed E-state index contributed by atoms with van der Waals surface area (Å²) < 4.78 is 78.7. The molecule has 0 saturated heterocycles. The van der Waals surface area contributed by atoms with Crippen molar-refractivity contribution >= 4 is 64.8 Å². The molecule has 4 N–H and O–H groups in total. The summed E-state index contributed by atoms with van der Waals surface area (Å²) in [7, 11) is -6.51. The van der Waals surface area contributed by atoms with E-state index in [0.717, 1.165) is 12.1 Å². The Balaban J connectivity index is 1.33. The second-order valence-corrected chi connectivity index (χ2v) is 13.2. The van der Waals surface area contributed by atoms with Crippen LogP contribution >= 0.6 is 0 Å². The van der Waals surface area contributed by atoms with Crippen molar-refractivity contribution in [2.24, 2.45) is 20.5 Å². The fraction of sp³-hybridized carbons (Fsp3) is 0.0625. The third-order valence-corrected chi connectivity index (χ3v) is 9.17. The summed E-state index contributed by atoms with van der Waals surface area (Å²) in [5.74, 6) is -0.200. The number of benzene rings is 4. The quantitative estimate of drug-likeness (QED) is 0.0857. The molecule has 0 unspecified atom stereocenters. The summed E-state index contributed by atoms with van der Waals surface area (Å²) in [6.07, 6.45) is 2.69. The van der Waals surface area contributed by atoms with Gasteiger partial charge in [-0.05, 0) is 60.7 Å². The van der Waals surface area contributed by atoms with E-state index in [-0.39, 0.29) is 44.6 Å². The molecular formula is C32H24N6O10S2. The van der Waals surface area contributed by atoms with E-state index in [1.807, 2.05) is 0 Å². The fourth-order valence-corrected chi connectivity index (χ4v) is 6.51. The van der Waals surface area contributed by atoms with Crippen molar-refractivity contribution in [2.45, 2.75) is 9.79 Å². The molecule has 0 saturated carbocycles. The lowest BCUT2D eigenvalue weighted by Gasteiger charge is -2.13.